The maximum atomic E-state index is 11.9. The fourth-order valence-corrected chi connectivity index (χ4v) is 2.59. The number of amides is 2. The number of hydrazine groups is 1. The highest BCUT2D eigenvalue weighted by molar-refractivity contribution is 7.91. The Morgan fingerprint density at radius 3 is 2.06 bits per heavy atom. The van der Waals surface area contributed by atoms with Gasteiger partial charge in [-0.1, -0.05) is 20.8 Å². The molecule has 1 aromatic rings. The quantitative estimate of drug-likeness (QED) is 0.248. The average Bonchev–Trinajstić information content (AvgIpc) is 2.65. The fraction of sp³-hybridized carbons (Fsp3) is 0.471. The van der Waals surface area contributed by atoms with Crippen LogP contribution in [-0.4, -0.2) is 56.2 Å². The van der Waals surface area contributed by atoms with Crippen molar-refractivity contribution in [1.29, 1.82) is 0 Å². The second-order valence-electron chi connectivity index (χ2n) is 7.07. The lowest BCUT2D eigenvalue weighted by molar-refractivity contribution is -0.384. The van der Waals surface area contributed by atoms with E-state index in [1.54, 1.807) is 20.8 Å². The van der Waals surface area contributed by atoms with Gasteiger partial charge in [0.25, 0.3) is 5.69 Å². The highest BCUT2D eigenvalue weighted by atomic mass is 32.2. The fourth-order valence-electron chi connectivity index (χ4n) is 1.71. The normalized spacial score (nSPS) is 11.2. The van der Waals surface area contributed by atoms with Crippen LogP contribution in [0.25, 0.3) is 0 Å². The van der Waals surface area contributed by atoms with Gasteiger partial charge in [0.15, 0.2) is 9.84 Å². The second kappa shape index (κ2) is 11.1. The first kappa shape index (κ1) is 25.6. The van der Waals surface area contributed by atoms with Crippen LogP contribution in [0.4, 0.5) is 15.3 Å². The Balaban J connectivity index is 2.28. The molecule has 172 valence electrons. The largest absolute Gasteiger partial charge is 0.513 e. The number of nitrogens with zero attached hydrogens (tertiary/aromatic N) is 1. The SMILES string of the molecule is CC(C)(C)C(=O)NNC(=O)OCCS(=O)(=O)CCOC(=O)Oc1ccc([N+](=O)[O-])cc1. The molecule has 13 nitrogen and oxygen atoms in total. The van der Waals surface area contributed by atoms with Crippen molar-refractivity contribution in [1.82, 2.24) is 10.9 Å². The molecule has 0 spiro atoms. The van der Waals surface area contributed by atoms with E-state index in [0.29, 0.717) is 0 Å². The van der Waals surface area contributed by atoms with Gasteiger partial charge in [0, 0.05) is 17.5 Å². The van der Waals surface area contributed by atoms with Crippen LogP contribution >= 0.6 is 0 Å². The molecule has 0 aliphatic heterocycles. The molecule has 0 heterocycles. The molecule has 0 aliphatic carbocycles. The first-order chi connectivity index (χ1) is 14.3. The van der Waals surface area contributed by atoms with Gasteiger partial charge in [-0.2, -0.15) is 0 Å². The van der Waals surface area contributed by atoms with E-state index in [2.05, 4.69) is 14.9 Å². The zero-order valence-corrected chi connectivity index (χ0v) is 17.9. The highest BCUT2D eigenvalue weighted by Crippen LogP contribution is 2.17. The van der Waals surface area contributed by atoms with Gasteiger partial charge in [-0.3, -0.25) is 20.3 Å². The Morgan fingerprint density at radius 2 is 1.55 bits per heavy atom. The molecule has 14 heteroatoms. The summed E-state index contributed by atoms with van der Waals surface area (Å²) in [6, 6.07) is 4.61. The molecular weight excluding hydrogens is 438 g/mol. The molecule has 0 atom stereocenters. The first-order valence-corrected chi connectivity index (χ1v) is 10.6. The summed E-state index contributed by atoms with van der Waals surface area (Å²) in [4.78, 5) is 44.5. The Hall–Kier alpha value is -3.42. The average molecular weight is 461 g/mol. The minimum absolute atomic E-state index is 0.0172. The molecule has 0 fully saturated rings. The highest BCUT2D eigenvalue weighted by Gasteiger charge is 2.22. The Morgan fingerprint density at radius 1 is 1.00 bits per heavy atom. The number of carbonyl (C=O) groups is 3. The van der Waals surface area contributed by atoms with E-state index in [1.165, 1.54) is 12.1 Å². The minimum Gasteiger partial charge on any atom is -0.447 e. The molecule has 2 N–H and O–H groups in total. The minimum atomic E-state index is -3.72. The van der Waals surface area contributed by atoms with Gasteiger partial charge in [0.1, 0.15) is 19.0 Å². The third-order valence-electron chi connectivity index (χ3n) is 3.45. The number of nitro groups is 1. The molecule has 0 saturated carbocycles. The zero-order chi connectivity index (χ0) is 23.7. The van der Waals surface area contributed by atoms with E-state index in [-0.39, 0.29) is 11.4 Å². The van der Waals surface area contributed by atoms with Crippen LogP contribution in [0.3, 0.4) is 0 Å². The molecule has 2 amide bonds. The summed E-state index contributed by atoms with van der Waals surface area (Å²) in [5.41, 5.74) is 3.18. The molecule has 0 aromatic heterocycles. The first-order valence-electron chi connectivity index (χ1n) is 8.83. The van der Waals surface area contributed by atoms with E-state index in [4.69, 9.17) is 4.74 Å². The van der Waals surface area contributed by atoms with Crippen LogP contribution in [0.1, 0.15) is 20.8 Å². The smallest absolute Gasteiger partial charge is 0.447 e. The van der Waals surface area contributed by atoms with Crippen LogP contribution in [0.15, 0.2) is 24.3 Å². The predicted octanol–water partition coefficient (Wildman–Crippen LogP) is 1.33. The number of ether oxygens (including phenoxy) is 3. The summed E-state index contributed by atoms with van der Waals surface area (Å²) >= 11 is 0. The van der Waals surface area contributed by atoms with Gasteiger partial charge < -0.3 is 14.2 Å². The van der Waals surface area contributed by atoms with Crippen LogP contribution in [0, 0.1) is 15.5 Å². The molecule has 1 aromatic carbocycles. The van der Waals surface area contributed by atoms with Gasteiger partial charge in [-0.15, -0.1) is 0 Å². The third-order valence-corrected chi connectivity index (χ3v) is 5.03. The number of benzene rings is 1. The number of nitrogens with one attached hydrogen (secondary N) is 2. The number of hydrogen-bond acceptors (Lipinski definition) is 10. The van der Waals surface area contributed by atoms with E-state index in [0.717, 1.165) is 12.1 Å². The van der Waals surface area contributed by atoms with Crippen molar-refractivity contribution < 1.29 is 41.9 Å². The summed E-state index contributed by atoms with van der Waals surface area (Å²) in [6.45, 7) is 3.90. The van der Waals surface area contributed by atoms with Crippen molar-refractivity contribution in [3.63, 3.8) is 0 Å². The molecular formula is C17H23N3O10S. The number of carbonyl (C=O) groups excluding carboxylic acids is 3. The molecule has 1 rings (SSSR count). The lowest BCUT2D eigenvalue weighted by Gasteiger charge is -2.17. The molecule has 0 unspecified atom stereocenters. The van der Waals surface area contributed by atoms with Crippen molar-refractivity contribution in [2.45, 2.75) is 20.8 Å². The van der Waals surface area contributed by atoms with Crippen molar-refractivity contribution in [2.75, 3.05) is 24.7 Å². The van der Waals surface area contributed by atoms with Gasteiger partial charge >= 0.3 is 12.2 Å². The van der Waals surface area contributed by atoms with Gasteiger partial charge in [-0.25, -0.2) is 23.4 Å². The number of non-ortho nitro benzene ring substituents is 1. The topological polar surface area (TPSA) is 180 Å². The van der Waals surface area contributed by atoms with Gasteiger partial charge in [0.05, 0.1) is 16.4 Å². The van der Waals surface area contributed by atoms with Crippen molar-refractivity contribution in [3.8, 4) is 5.75 Å². The monoisotopic (exact) mass is 461 g/mol. The van der Waals surface area contributed by atoms with Gasteiger partial charge in [-0.05, 0) is 12.1 Å². The standard InChI is InChI=1S/C17H23N3O10S/c1-17(2,3)14(21)18-19-15(22)28-8-10-31(26,27)11-9-29-16(23)30-13-6-4-12(5-7-13)20(24)25/h4-7H,8-11H2,1-3H3,(H,18,21)(H,19,22). The summed E-state index contributed by atoms with van der Waals surface area (Å²) < 4.78 is 37.8. The maximum absolute atomic E-state index is 11.9. The van der Waals surface area contributed by atoms with E-state index < -0.39 is 63.1 Å². The molecule has 0 aliphatic rings. The number of nitro benzene ring substituents is 1. The lowest BCUT2D eigenvalue weighted by Crippen LogP contribution is -2.47. The molecule has 0 saturated heterocycles. The van der Waals surface area contributed by atoms with Crippen LogP contribution < -0.4 is 15.6 Å². The number of rotatable bonds is 8. The van der Waals surface area contributed by atoms with E-state index >= 15 is 0 Å². The Bertz CT molecular complexity index is 907. The predicted molar refractivity (Wildman–Crippen MR) is 106 cm³/mol. The Labute approximate surface area is 178 Å². The summed E-state index contributed by atoms with van der Waals surface area (Å²) in [5, 5.41) is 10.5. The second-order valence-corrected chi connectivity index (χ2v) is 9.37. The molecule has 0 bridgehead atoms. The van der Waals surface area contributed by atoms with Gasteiger partial charge in [0.2, 0.25) is 5.91 Å². The zero-order valence-electron chi connectivity index (χ0n) is 17.1. The molecule has 0 radical (unpaired) electrons. The summed E-state index contributed by atoms with van der Waals surface area (Å²) in [5.74, 6) is -1.56. The van der Waals surface area contributed by atoms with Crippen LogP contribution in [0.5, 0.6) is 5.75 Å². The van der Waals surface area contributed by atoms with Crippen LogP contribution in [0.2, 0.25) is 0 Å². The third kappa shape index (κ3) is 10.3. The molecule has 31 heavy (non-hydrogen) atoms. The number of hydrogen-bond donors (Lipinski definition) is 2. The summed E-state index contributed by atoms with van der Waals surface area (Å²) in [6.07, 6.45) is -2.22. The maximum Gasteiger partial charge on any atom is 0.513 e. The van der Waals surface area contributed by atoms with E-state index in [1.807, 2.05) is 5.43 Å². The van der Waals surface area contributed by atoms with E-state index in [9.17, 15) is 32.9 Å². The van der Waals surface area contributed by atoms with Crippen molar-refractivity contribution in [2.24, 2.45) is 5.41 Å². The summed E-state index contributed by atoms with van der Waals surface area (Å²) in [7, 11) is -3.72. The van der Waals surface area contributed by atoms with Crippen molar-refractivity contribution >= 4 is 33.7 Å². The number of sulfone groups is 1. The Kier molecular flexibility index (Phi) is 9.17. The lowest BCUT2D eigenvalue weighted by atomic mass is 9.96. The van der Waals surface area contributed by atoms with Crippen LogP contribution in [-0.2, 0) is 24.1 Å². The van der Waals surface area contributed by atoms with Crippen molar-refractivity contribution in [3.05, 3.63) is 34.4 Å².